The number of imidazole rings is 1. The van der Waals surface area contributed by atoms with Gasteiger partial charge in [-0.15, -0.1) is 10.2 Å². The molecule has 3 N–H and O–H groups in total. The van der Waals surface area contributed by atoms with Crippen LogP contribution in [0.4, 0.5) is 17.6 Å². The Bertz CT molecular complexity index is 1220. The fraction of sp³-hybridized carbons (Fsp3) is 0.0625. The summed E-state index contributed by atoms with van der Waals surface area (Å²) in [4.78, 5) is 40.7. The first-order chi connectivity index (χ1) is 12.6. The van der Waals surface area contributed by atoms with E-state index in [0.29, 0.717) is 5.69 Å². The van der Waals surface area contributed by atoms with Crippen LogP contribution in [-0.2, 0) is 4.79 Å². The van der Waals surface area contributed by atoms with Gasteiger partial charge in [-0.05, 0) is 24.3 Å². The number of nitrogens with zero attached hydrogens (tertiary/aromatic N) is 5. The van der Waals surface area contributed by atoms with Gasteiger partial charge in [-0.25, -0.2) is 4.98 Å². The largest absolute Gasteiger partial charge is 0.305 e. The molecular formula is C16H12N8O2. The topological polar surface area (TPSA) is 141 Å². The molecule has 0 aliphatic heterocycles. The minimum Gasteiger partial charge on any atom is -0.305 e. The van der Waals surface area contributed by atoms with Crippen molar-refractivity contribution in [3.05, 3.63) is 46.9 Å². The van der Waals surface area contributed by atoms with Crippen LogP contribution >= 0.6 is 0 Å². The number of carbonyl (C=O) groups is 1. The van der Waals surface area contributed by atoms with Gasteiger partial charge in [-0.2, -0.15) is 4.98 Å². The minimum atomic E-state index is -0.492. The van der Waals surface area contributed by atoms with Gasteiger partial charge in [0.15, 0.2) is 11.2 Å². The van der Waals surface area contributed by atoms with Gasteiger partial charge in [-0.1, -0.05) is 6.07 Å². The summed E-state index contributed by atoms with van der Waals surface area (Å²) < 4.78 is 0. The van der Waals surface area contributed by atoms with E-state index >= 15 is 0 Å². The number of azo groups is 1. The maximum atomic E-state index is 12.0. The van der Waals surface area contributed by atoms with Crippen LogP contribution in [-0.4, -0.2) is 30.8 Å². The molecule has 1 aromatic carbocycles. The quantitative estimate of drug-likeness (QED) is 0.488. The van der Waals surface area contributed by atoms with E-state index in [1.807, 2.05) is 24.3 Å². The molecular weight excluding hydrogens is 336 g/mol. The van der Waals surface area contributed by atoms with Crippen LogP contribution in [0.15, 0.2) is 51.6 Å². The van der Waals surface area contributed by atoms with Crippen LogP contribution in [0.5, 0.6) is 0 Å². The number of aromatic amines is 2. The first kappa shape index (κ1) is 15.6. The molecule has 10 heteroatoms. The van der Waals surface area contributed by atoms with Crippen LogP contribution in [0, 0.1) is 0 Å². The lowest BCUT2D eigenvalue weighted by Gasteiger charge is -1.98. The molecule has 0 radical (unpaired) electrons. The maximum Gasteiger partial charge on any atom is 0.280 e. The van der Waals surface area contributed by atoms with Crippen molar-refractivity contribution in [3.63, 3.8) is 0 Å². The van der Waals surface area contributed by atoms with E-state index in [0.717, 1.165) is 10.9 Å². The number of benzene rings is 1. The third-order valence-corrected chi connectivity index (χ3v) is 3.48. The van der Waals surface area contributed by atoms with E-state index in [-0.39, 0.29) is 29.0 Å². The number of amides is 1. The van der Waals surface area contributed by atoms with Gasteiger partial charge < -0.3 is 4.98 Å². The van der Waals surface area contributed by atoms with Crippen molar-refractivity contribution in [1.29, 1.82) is 0 Å². The Labute approximate surface area is 145 Å². The van der Waals surface area contributed by atoms with Crippen LogP contribution in [0.25, 0.3) is 22.1 Å². The molecule has 128 valence electrons. The zero-order valence-electron chi connectivity index (χ0n) is 13.5. The van der Waals surface area contributed by atoms with Crippen molar-refractivity contribution in [2.45, 2.75) is 6.92 Å². The van der Waals surface area contributed by atoms with Crippen molar-refractivity contribution in [1.82, 2.24) is 24.9 Å². The average Bonchev–Trinajstić information content (AvgIpc) is 3.03. The Morgan fingerprint density at radius 2 is 2.04 bits per heavy atom. The Morgan fingerprint density at radius 1 is 1.15 bits per heavy atom. The predicted octanol–water partition coefficient (Wildman–Crippen LogP) is 2.57. The third-order valence-electron chi connectivity index (χ3n) is 3.48. The number of fused-ring (bicyclic) bond motifs is 2. The van der Waals surface area contributed by atoms with Crippen molar-refractivity contribution in [2.24, 2.45) is 10.2 Å². The van der Waals surface area contributed by atoms with Crippen molar-refractivity contribution in [2.75, 3.05) is 5.32 Å². The molecule has 1 amide bonds. The Kier molecular flexibility index (Phi) is 3.69. The normalized spacial score (nSPS) is 11.4. The van der Waals surface area contributed by atoms with Gasteiger partial charge in [-0.3, -0.25) is 24.9 Å². The number of nitrogens with one attached hydrogen (secondary N) is 3. The van der Waals surface area contributed by atoms with Gasteiger partial charge in [0.2, 0.25) is 17.8 Å². The zero-order chi connectivity index (χ0) is 18.1. The molecule has 10 nitrogen and oxygen atoms in total. The standard InChI is InChI=1S/C16H12N8O2/c1-8(25)18-15-20-13-12(14(26)22-15)19-16(21-13)24-23-10-4-5-11-9(7-10)3-2-6-17-11/h2-7H,1H3,(H3,18,19,20,21,22,25,26)/b24-23+. The van der Waals surface area contributed by atoms with Gasteiger partial charge >= 0.3 is 0 Å². The summed E-state index contributed by atoms with van der Waals surface area (Å²) in [5.41, 5.74) is 1.27. The third kappa shape index (κ3) is 3.02. The van der Waals surface area contributed by atoms with Crippen LogP contribution < -0.4 is 10.9 Å². The van der Waals surface area contributed by atoms with E-state index < -0.39 is 5.56 Å². The lowest BCUT2D eigenvalue weighted by molar-refractivity contribution is -0.114. The van der Waals surface area contributed by atoms with Crippen LogP contribution in [0.1, 0.15) is 6.92 Å². The molecule has 0 bridgehead atoms. The summed E-state index contributed by atoms with van der Waals surface area (Å²) in [6.45, 7) is 1.32. The van der Waals surface area contributed by atoms with Gasteiger partial charge in [0.25, 0.3) is 5.56 Å². The second kappa shape index (κ2) is 6.16. The van der Waals surface area contributed by atoms with E-state index in [9.17, 15) is 9.59 Å². The molecule has 4 rings (SSSR count). The number of H-pyrrole nitrogens is 2. The lowest BCUT2D eigenvalue weighted by atomic mass is 10.2. The average molecular weight is 348 g/mol. The number of pyridine rings is 1. The van der Waals surface area contributed by atoms with Gasteiger partial charge in [0, 0.05) is 18.5 Å². The first-order valence-electron chi connectivity index (χ1n) is 7.63. The van der Waals surface area contributed by atoms with Crippen molar-refractivity contribution in [3.8, 4) is 0 Å². The summed E-state index contributed by atoms with van der Waals surface area (Å²) in [5.74, 6) is -0.189. The van der Waals surface area contributed by atoms with Crippen molar-refractivity contribution < 1.29 is 4.79 Å². The molecule has 0 fully saturated rings. The van der Waals surface area contributed by atoms with Gasteiger partial charge in [0.1, 0.15) is 0 Å². The summed E-state index contributed by atoms with van der Waals surface area (Å²) in [5, 5.41) is 11.5. The Morgan fingerprint density at radius 3 is 2.88 bits per heavy atom. The minimum absolute atomic E-state index is 0.0316. The molecule has 0 unspecified atom stereocenters. The highest BCUT2D eigenvalue weighted by atomic mass is 16.1. The van der Waals surface area contributed by atoms with Crippen LogP contribution in [0.2, 0.25) is 0 Å². The van der Waals surface area contributed by atoms with Crippen molar-refractivity contribution >= 4 is 45.6 Å². The van der Waals surface area contributed by atoms with Crippen LogP contribution in [0.3, 0.4) is 0 Å². The second-order valence-corrected chi connectivity index (χ2v) is 5.43. The summed E-state index contributed by atoms with van der Waals surface area (Å²) >= 11 is 0. The Balaban J connectivity index is 1.67. The molecule has 3 heterocycles. The highest BCUT2D eigenvalue weighted by Crippen LogP contribution is 2.21. The number of carbonyl (C=O) groups excluding carboxylic acids is 1. The highest BCUT2D eigenvalue weighted by Gasteiger charge is 2.10. The predicted molar refractivity (Wildman–Crippen MR) is 94.7 cm³/mol. The molecule has 0 saturated heterocycles. The second-order valence-electron chi connectivity index (χ2n) is 5.43. The summed E-state index contributed by atoms with van der Waals surface area (Å²) in [6, 6.07) is 9.23. The van der Waals surface area contributed by atoms with E-state index in [1.165, 1.54) is 6.92 Å². The fourth-order valence-electron chi connectivity index (χ4n) is 2.40. The lowest BCUT2D eigenvalue weighted by Crippen LogP contribution is -2.15. The highest BCUT2D eigenvalue weighted by molar-refractivity contribution is 5.87. The first-order valence-corrected chi connectivity index (χ1v) is 7.63. The molecule has 0 saturated carbocycles. The molecule has 0 aliphatic carbocycles. The zero-order valence-corrected chi connectivity index (χ0v) is 13.5. The maximum absolute atomic E-state index is 12.0. The number of hydrogen-bond donors (Lipinski definition) is 3. The Hall–Kier alpha value is -3.95. The van der Waals surface area contributed by atoms with Gasteiger partial charge in [0.05, 0.1) is 11.2 Å². The summed E-state index contributed by atoms with van der Waals surface area (Å²) in [6.07, 6.45) is 1.72. The van der Waals surface area contributed by atoms with E-state index in [4.69, 9.17) is 0 Å². The summed E-state index contributed by atoms with van der Waals surface area (Å²) in [7, 11) is 0. The van der Waals surface area contributed by atoms with E-state index in [1.54, 1.807) is 12.3 Å². The smallest absolute Gasteiger partial charge is 0.280 e. The molecule has 3 aromatic heterocycles. The number of hydrogen-bond acceptors (Lipinski definition) is 7. The molecule has 0 aliphatic rings. The fourth-order valence-corrected chi connectivity index (χ4v) is 2.40. The number of anilines is 1. The number of rotatable bonds is 3. The van der Waals surface area contributed by atoms with E-state index in [2.05, 4.69) is 40.5 Å². The SMILES string of the molecule is CC(=O)Nc1nc2[nH]c(/N=N/c3ccc4ncccc4c3)nc2c(=O)[nH]1. The number of aromatic nitrogens is 5. The molecule has 0 atom stereocenters. The monoisotopic (exact) mass is 348 g/mol. The molecule has 0 spiro atoms. The molecule has 26 heavy (non-hydrogen) atoms. The molecule has 4 aromatic rings.